The Labute approximate surface area is 329 Å². The molecule has 2 aliphatic rings. The molecular weight excluding hydrogens is 709 g/mol. The minimum Gasteiger partial charge on any atom is -0.453 e. The molecule has 1 saturated carbocycles. The number of carbonyl (C=O) groups excluding carboxylic acids is 4. The number of ether oxygens (including phenoxy) is 1. The van der Waals surface area contributed by atoms with Crippen molar-refractivity contribution >= 4 is 23.8 Å². The van der Waals surface area contributed by atoms with E-state index in [0.29, 0.717) is 6.54 Å². The third kappa shape index (κ3) is 8.66. The van der Waals surface area contributed by atoms with Crippen molar-refractivity contribution in [2.75, 3.05) is 20.7 Å². The summed E-state index contributed by atoms with van der Waals surface area (Å²) in [6.07, 6.45) is 7.49. The standard InChI is InChI=1S/C43H56N8O5/c1-24(2)36(41(53)44-6)49-40(52)35-26(5)10-8-11-31(35)38-45-22-32(47-38)29-17-13-27(14-18-29)28-15-19-30(20-16-28)33-23-46-39(48-33)34-12-9-21-51(34)42(54)37(25(3)4)50-43(55)56-7/h13-20,22-26,31,34-37H,8-12,21H2,1-7H3,(H,44,53)(H,45,47)(H,46,48)(H,49,52)(H,50,55)/t26-,31+,34-,35+,36?,37?/m0/s1. The lowest BCUT2D eigenvalue weighted by Gasteiger charge is -2.35. The summed E-state index contributed by atoms with van der Waals surface area (Å²) in [7, 11) is 2.89. The number of aromatic nitrogens is 4. The first-order valence-corrected chi connectivity index (χ1v) is 19.9. The van der Waals surface area contributed by atoms with Crippen molar-refractivity contribution in [1.82, 2.24) is 40.8 Å². The van der Waals surface area contributed by atoms with Gasteiger partial charge in [-0.15, -0.1) is 0 Å². The molecule has 298 valence electrons. The molecule has 1 aliphatic carbocycles. The van der Waals surface area contributed by atoms with Gasteiger partial charge in [-0.05, 0) is 65.7 Å². The number of benzene rings is 2. The first-order valence-electron chi connectivity index (χ1n) is 19.9. The summed E-state index contributed by atoms with van der Waals surface area (Å²) in [5.74, 6) is 0.788. The molecule has 2 aromatic heterocycles. The summed E-state index contributed by atoms with van der Waals surface area (Å²) >= 11 is 0. The van der Waals surface area contributed by atoms with E-state index in [-0.39, 0.29) is 53.4 Å². The van der Waals surface area contributed by atoms with Crippen molar-refractivity contribution in [3.05, 3.63) is 72.6 Å². The fraction of sp³-hybridized carbons (Fsp3) is 0.488. The quantitative estimate of drug-likeness (QED) is 0.108. The lowest BCUT2D eigenvalue weighted by atomic mass is 9.71. The highest BCUT2D eigenvalue weighted by Gasteiger charge is 2.40. The maximum Gasteiger partial charge on any atom is 0.407 e. The molecule has 2 fully saturated rings. The average Bonchev–Trinajstić information content (AvgIpc) is 4.00. The van der Waals surface area contributed by atoms with E-state index in [9.17, 15) is 19.2 Å². The molecule has 1 aliphatic heterocycles. The zero-order valence-corrected chi connectivity index (χ0v) is 33.5. The van der Waals surface area contributed by atoms with Crippen LogP contribution in [0.4, 0.5) is 4.79 Å². The van der Waals surface area contributed by atoms with Crippen molar-refractivity contribution in [2.24, 2.45) is 23.7 Å². The Hall–Kier alpha value is -5.46. The molecule has 6 rings (SSSR count). The molecule has 4 aromatic rings. The topological polar surface area (TPSA) is 174 Å². The molecule has 3 heterocycles. The second kappa shape index (κ2) is 17.6. The number of H-pyrrole nitrogens is 2. The Balaban J connectivity index is 1.12. The van der Waals surface area contributed by atoms with E-state index < -0.39 is 18.2 Å². The second-order valence-corrected chi connectivity index (χ2v) is 16.0. The van der Waals surface area contributed by atoms with Crippen LogP contribution in [0.2, 0.25) is 0 Å². The van der Waals surface area contributed by atoms with Gasteiger partial charge in [0.05, 0.1) is 42.9 Å². The first-order chi connectivity index (χ1) is 26.9. The molecule has 6 atom stereocenters. The lowest BCUT2D eigenvalue weighted by Crippen LogP contribution is -2.52. The molecule has 5 N–H and O–H groups in total. The van der Waals surface area contributed by atoms with E-state index in [0.717, 1.165) is 77.4 Å². The number of hydrogen-bond acceptors (Lipinski definition) is 7. The smallest absolute Gasteiger partial charge is 0.407 e. The molecule has 2 unspecified atom stereocenters. The molecular formula is C43H56N8O5. The third-order valence-corrected chi connectivity index (χ3v) is 11.5. The third-order valence-electron chi connectivity index (χ3n) is 11.5. The van der Waals surface area contributed by atoms with Gasteiger partial charge >= 0.3 is 6.09 Å². The number of amides is 4. The van der Waals surface area contributed by atoms with Gasteiger partial charge in [-0.2, -0.15) is 0 Å². The van der Waals surface area contributed by atoms with Gasteiger partial charge in [0.2, 0.25) is 17.7 Å². The fourth-order valence-corrected chi connectivity index (χ4v) is 8.31. The van der Waals surface area contributed by atoms with Crippen molar-refractivity contribution < 1.29 is 23.9 Å². The van der Waals surface area contributed by atoms with Crippen molar-refractivity contribution in [2.45, 2.75) is 90.8 Å². The van der Waals surface area contributed by atoms with Crippen LogP contribution >= 0.6 is 0 Å². The number of alkyl carbamates (subject to hydrolysis) is 1. The van der Waals surface area contributed by atoms with E-state index in [1.165, 1.54) is 7.11 Å². The van der Waals surface area contributed by atoms with Gasteiger partial charge in [-0.25, -0.2) is 14.8 Å². The minimum absolute atomic E-state index is 0.0338. The molecule has 0 radical (unpaired) electrons. The fourth-order valence-electron chi connectivity index (χ4n) is 8.31. The number of aromatic amines is 2. The summed E-state index contributed by atoms with van der Waals surface area (Å²) in [6, 6.07) is 15.1. The molecule has 1 saturated heterocycles. The van der Waals surface area contributed by atoms with Gasteiger partial charge < -0.3 is 35.6 Å². The monoisotopic (exact) mass is 764 g/mol. The molecule has 2 aromatic carbocycles. The summed E-state index contributed by atoms with van der Waals surface area (Å²) < 4.78 is 4.76. The van der Waals surface area contributed by atoms with Crippen molar-refractivity contribution in [1.29, 1.82) is 0 Å². The number of nitrogens with zero attached hydrogens (tertiary/aromatic N) is 3. The Morgan fingerprint density at radius 2 is 1.30 bits per heavy atom. The summed E-state index contributed by atoms with van der Waals surface area (Å²) in [4.78, 5) is 69.9. The van der Waals surface area contributed by atoms with Crippen molar-refractivity contribution in [3.63, 3.8) is 0 Å². The number of methoxy groups -OCH3 is 1. The van der Waals surface area contributed by atoms with Crippen LogP contribution in [0.5, 0.6) is 0 Å². The number of nitrogens with one attached hydrogen (secondary N) is 5. The van der Waals surface area contributed by atoms with Crippen LogP contribution in [0, 0.1) is 23.7 Å². The van der Waals surface area contributed by atoms with E-state index >= 15 is 0 Å². The summed E-state index contributed by atoms with van der Waals surface area (Å²) in [5, 5.41) is 8.42. The van der Waals surface area contributed by atoms with Gasteiger partial charge in [0, 0.05) is 19.5 Å². The van der Waals surface area contributed by atoms with Crippen LogP contribution in [-0.2, 0) is 19.1 Å². The molecule has 4 amide bonds. The molecule has 0 bridgehead atoms. The van der Waals surface area contributed by atoms with Crippen molar-refractivity contribution in [3.8, 4) is 33.6 Å². The van der Waals surface area contributed by atoms with Gasteiger partial charge in [0.25, 0.3) is 0 Å². The predicted octanol–water partition coefficient (Wildman–Crippen LogP) is 6.58. The molecule has 56 heavy (non-hydrogen) atoms. The van der Waals surface area contributed by atoms with Gasteiger partial charge in [0.1, 0.15) is 23.7 Å². The Kier molecular flexibility index (Phi) is 12.6. The maximum absolute atomic E-state index is 13.7. The average molecular weight is 765 g/mol. The van der Waals surface area contributed by atoms with Crippen LogP contribution in [0.15, 0.2) is 60.9 Å². The van der Waals surface area contributed by atoms with E-state index in [1.54, 1.807) is 13.2 Å². The highest BCUT2D eigenvalue weighted by molar-refractivity contribution is 5.89. The van der Waals surface area contributed by atoms with Crippen LogP contribution in [0.3, 0.4) is 0 Å². The van der Waals surface area contributed by atoms with Gasteiger partial charge in [0.15, 0.2) is 0 Å². The SMILES string of the molecule is CNC(=O)C(NC(=O)[C@@H]1[C@@H](C)CCC[C@H]1c1ncc(-c2ccc(-c3ccc(-c4cnc([C@@H]5CCCN5C(=O)C(NC(=O)OC)C(C)C)[nH]4)cc3)cc2)[nH]1)C(C)C. The maximum atomic E-state index is 13.7. The molecule has 13 nitrogen and oxygen atoms in total. The Morgan fingerprint density at radius 3 is 1.86 bits per heavy atom. The summed E-state index contributed by atoms with van der Waals surface area (Å²) in [6.45, 7) is 10.4. The van der Waals surface area contributed by atoms with E-state index in [1.807, 2.05) is 38.8 Å². The minimum atomic E-state index is -0.685. The molecule has 13 heteroatoms. The van der Waals surface area contributed by atoms with E-state index in [4.69, 9.17) is 9.72 Å². The number of hydrogen-bond donors (Lipinski definition) is 5. The predicted molar refractivity (Wildman–Crippen MR) is 215 cm³/mol. The van der Waals surface area contributed by atoms with Crippen LogP contribution < -0.4 is 16.0 Å². The van der Waals surface area contributed by atoms with Crippen LogP contribution in [0.1, 0.15) is 90.3 Å². The Morgan fingerprint density at radius 1 is 0.750 bits per heavy atom. The van der Waals surface area contributed by atoms with Crippen LogP contribution in [0.25, 0.3) is 33.6 Å². The first kappa shape index (κ1) is 40.2. The number of carbonyl (C=O) groups is 4. The highest BCUT2D eigenvalue weighted by Crippen LogP contribution is 2.41. The number of likely N-dealkylation sites (tertiary alicyclic amines) is 1. The molecule has 0 spiro atoms. The zero-order chi connectivity index (χ0) is 40.1. The number of imidazole rings is 2. The van der Waals surface area contributed by atoms with Gasteiger partial charge in [-0.1, -0.05) is 89.6 Å². The lowest BCUT2D eigenvalue weighted by molar-refractivity contribution is -0.135. The normalized spacial score (nSPS) is 20.8. The van der Waals surface area contributed by atoms with Gasteiger partial charge in [-0.3, -0.25) is 14.4 Å². The second-order valence-electron chi connectivity index (χ2n) is 16.0. The number of likely N-dealkylation sites (N-methyl/N-ethyl adjacent to an activating group) is 1. The largest absolute Gasteiger partial charge is 0.453 e. The Bertz CT molecular complexity index is 1980. The zero-order valence-electron chi connectivity index (χ0n) is 33.5. The summed E-state index contributed by atoms with van der Waals surface area (Å²) in [5.41, 5.74) is 5.87. The van der Waals surface area contributed by atoms with E-state index in [2.05, 4.69) is 86.4 Å². The number of rotatable bonds is 12. The van der Waals surface area contributed by atoms with Crippen LogP contribution in [-0.4, -0.2) is 81.4 Å². The highest BCUT2D eigenvalue weighted by atomic mass is 16.5.